The molecule has 0 spiro atoms. The van der Waals surface area contributed by atoms with Crippen LogP contribution < -0.4 is 14.2 Å². The lowest BCUT2D eigenvalue weighted by Crippen LogP contribution is -2.00. The molecule has 150 valence electrons. The number of esters is 1. The third-order valence-corrected chi connectivity index (χ3v) is 4.09. The van der Waals surface area contributed by atoms with Crippen LogP contribution in [0.1, 0.15) is 11.3 Å². The second kappa shape index (κ2) is 9.45. The fourth-order valence-electron chi connectivity index (χ4n) is 2.61. The number of methoxy groups -OCH3 is 3. The van der Waals surface area contributed by atoms with Crippen molar-refractivity contribution in [2.45, 2.75) is 6.61 Å². The van der Waals surface area contributed by atoms with E-state index in [1.165, 1.54) is 6.08 Å². The Morgan fingerprint density at radius 1 is 1.00 bits per heavy atom. The van der Waals surface area contributed by atoms with Crippen LogP contribution in [0.4, 0.5) is 0 Å². The van der Waals surface area contributed by atoms with E-state index in [4.69, 9.17) is 23.5 Å². The predicted octanol–water partition coefficient (Wildman–Crippen LogP) is 4.12. The first-order valence-electron chi connectivity index (χ1n) is 8.80. The molecule has 0 fully saturated rings. The van der Waals surface area contributed by atoms with Crippen molar-refractivity contribution in [2.75, 3.05) is 21.3 Å². The topological polar surface area (TPSA) is 80.0 Å². The average molecular weight is 395 g/mol. The summed E-state index contributed by atoms with van der Waals surface area (Å²) >= 11 is 0. The fraction of sp³-hybridized carbons (Fsp3) is 0.182. The van der Waals surface area contributed by atoms with Gasteiger partial charge in [0.2, 0.25) is 0 Å². The summed E-state index contributed by atoms with van der Waals surface area (Å²) in [6, 6.07) is 14.5. The zero-order chi connectivity index (χ0) is 20.6. The van der Waals surface area contributed by atoms with Gasteiger partial charge >= 0.3 is 5.97 Å². The summed E-state index contributed by atoms with van der Waals surface area (Å²) in [6.45, 7) is 0.00256. The quantitative estimate of drug-likeness (QED) is 0.419. The maximum atomic E-state index is 12.0. The van der Waals surface area contributed by atoms with Crippen LogP contribution in [0.3, 0.4) is 0 Å². The Balaban J connectivity index is 1.58. The highest BCUT2D eigenvalue weighted by atomic mass is 16.5. The molecular formula is C22H21NO6. The van der Waals surface area contributed by atoms with Gasteiger partial charge in [0.05, 0.1) is 21.3 Å². The molecule has 0 atom stereocenters. The van der Waals surface area contributed by atoms with Crippen molar-refractivity contribution in [1.82, 2.24) is 5.16 Å². The highest BCUT2D eigenvalue weighted by Gasteiger charge is 2.09. The predicted molar refractivity (Wildman–Crippen MR) is 107 cm³/mol. The summed E-state index contributed by atoms with van der Waals surface area (Å²) < 4.78 is 26.2. The molecule has 0 aliphatic carbocycles. The van der Waals surface area contributed by atoms with Crippen LogP contribution in [0.15, 0.2) is 59.1 Å². The molecule has 1 aromatic heterocycles. The molecule has 0 radical (unpaired) electrons. The first-order chi connectivity index (χ1) is 14.1. The molecule has 0 saturated carbocycles. The van der Waals surface area contributed by atoms with Crippen LogP contribution in [0.2, 0.25) is 0 Å². The van der Waals surface area contributed by atoms with E-state index in [-0.39, 0.29) is 6.61 Å². The normalized spacial score (nSPS) is 10.7. The number of aromatic nitrogens is 1. The van der Waals surface area contributed by atoms with Gasteiger partial charge < -0.3 is 23.5 Å². The van der Waals surface area contributed by atoms with Crippen LogP contribution in [0, 0.1) is 0 Å². The van der Waals surface area contributed by atoms with Gasteiger partial charge in [-0.3, -0.25) is 0 Å². The van der Waals surface area contributed by atoms with Gasteiger partial charge in [-0.25, -0.2) is 4.79 Å². The second-order valence-corrected chi connectivity index (χ2v) is 5.97. The van der Waals surface area contributed by atoms with Gasteiger partial charge in [0.15, 0.2) is 17.3 Å². The van der Waals surface area contributed by atoms with Crippen molar-refractivity contribution in [1.29, 1.82) is 0 Å². The van der Waals surface area contributed by atoms with E-state index in [2.05, 4.69) is 5.16 Å². The molecule has 0 amide bonds. The molecule has 29 heavy (non-hydrogen) atoms. The van der Waals surface area contributed by atoms with Gasteiger partial charge in [0, 0.05) is 17.7 Å². The van der Waals surface area contributed by atoms with Crippen molar-refractivity contribution in [3.05, 3.63) is 65.9 Å². The zero-order valence-corrected chi connectivity index (χ0v) is 16.4. The first kappa shape index (κ1) is 20.0. The summed E-state index contributed by atoms with van der Waals surface area (Å²) in [6.07, 6.45) is 2.97. The van der Waals surface area contributed by atoms with E-state index in [0.717, 1.165) is 11.1 Å². The molecule has 3 rings (SSSR count). The van der Waals surface area contributed by atoms with Crippen LogP contribution in [0.5, 0.6) is 17.2 Å². The van der Waals surface area contributed by atoms with E-state index in [9.17, 15) is 4.79 Å². The number of nitrogens with zero attached hydrogens (tertiary/aromatic N) is 1. The highest BCUT2D eigenvalue weighted by Crippen LogP contribution is 2.28. The maximum absolute atomic E-state index is 12.0. The number of hydrogen-bond acceptors (Lipinski definition) is 7. The molecule has 0 saturated heterocycles. The van der Waals surface area contributed by atoms with Gasteiger partial charge in [-0.05, 0) is 35.9 Å². The second-order valence-electron chi connectivity index (χ2n) is 5.97. The molecule has 7 nitrogen and oxygen atoms in total. The summed E-state index contributed by atoms with van der Waals surface area (Å²) in [7, 11) is 4.71. The largest absolute Gasteiger partial charge is 0.497 e. The van der Waals surface area contributed by atoms with Crippen molar-refractivity contribution in [3.8, 4) is 28.6 Å². The Kier molecular flexibility index (Phi) is 6.52. The number of benzene rings is 2. The number of rotatable bonds is 8. The first-order valence-corrected chi connectivity index (χ1v) is 8.80. The monoisotopic (exact) mass is 395 g/mol. The average Bonchev–Trinajstić information content (AvgIpc) is 3.25. The molecule has 1 heterocycles. The Labute approximate surface area is 168 Å². The van der Waals surface area contributed by atoms with Gasteiger partial charge in [0.1, 0.15) is 18.1 Å². The van der Waals surface area contributed by atoms with Crippen LogP contribution in [-0.4, -0.2) is 32.5 Å². The highest BCUT2D eigenvalue weighted by molar-refractivity contribution is 5.87. The van der Waals surface area contributed by atoms with Crippen LogP contribution >= 0.6 is 0 Å². The minimum absolute atomic E-state index is 0.00256. The minimum atomic E-state index is -0.495. The summed E-state index contributed by atoms with van der Waals surface area (Å²) in [5.41, 5.74) is 2.11. The van der Waals surface area contributed by atoms with E-state index < -0.39 is 5.97 Å². The number of carbonyl (C=O) groups excluding carboxylic acids is 1. The molecule has 0 unspecified atom stereocenters. The van der Waals surface area contributed by atoms with Crippen molar-refractivity contribution in [2.24, 2.45) is 0 Å². The third kappa shape index (κ3) is 5.16. The van der Waals surface area contributed by atoms with Crippen LogP contribution in [0.25, 0.3) is 17.4 Å². The maximum Gasteiger partial charge on any atom is 0.331 e. The third-order valence-electron chi connectivity index (χ3n) is 4.09. The van der Waals surface area contributed by atoms with Crippen LogP contribution in [-0.2, 0) is 16.1 Å². The van der Waals surface area contributed by atoms with Gasteiger partial charge in [-0.1, -0.05) is 23.4 Å². The molecule has 3 aromatic rings. The lowest BCUT2D eigenvalue weighted by molar-refractivity contribution is -0.139. The standard InChI is InChI=1S/C22H21NO6/c1-25-18-6-4-5-16(12-18)20-13-17(23-29-20)14-28-22(24)10-8-15-7-9-19(26-2)21(11-15)27-3/h4-13H,14H2,1-3H3/b10-8-. The zero-order valence-electron chi connectivity index (χ0n) is 16.4. The smallest absolute Gasteiger partial charge is 0.331 e. The van der Waals surface area contributed by atoms with Gasteiger partial charge in [-0.15, -0.1) is 0 Å². The van der Waals surface area contributed by atoms with E-state index >= 15 is 0 Å². The van der Waals surface area contributed by atoms with E-state index in [1.54, 1.807) is 45.6 Å². The number of hydrogen-bond donors (Lipinski definition) is 0. The van der Waals surface area contributed by atoms with Gasteiger partial charge in [0.25, 0.3) is 0 Å². The van der Waals surface area contributed by atoms with Crippen molar-refractivity contribution >= 4 is 12.0 Å². The molecular weight excluding hydrogens is 374 g/mol. The molecule has 0 aliphatic rings. The molecule has 2 aromatic carbocycles. The van der Waals surface area contributed by atoms with Gasteiger partial charge in [-0.2, -0.15) is 0 Å². The van der Waals surface area contributed by atoms with E-state index in [1.807, 2.05) is 30.3 Å². The lowest BCUT2D eigenvalue weighted by Gasteiger charge is -2.07. The van der Waals surface area contributed by atoms with Crippen molar-refractivity contribution in [3.63, 3.8) is 0 Å². The fourth-order valence-corrected chi connectivity index (χ4v) is 2.61. The lowest BCUT2D eigenvalue weighted by atomic mass is 10.1. The Morgan fingerprint density at radius 3 is 2.59 bits per heavy atom. The molecule has 0 bridgehead atoms. The van der Waals surface area contributed by atoms with Crippen molar-refractivity contribution < 1.29 is 28.3 Å². The number of carbonyl (C=O) groups is 1. The minimum Gasteiger partial charge on any atom is -0.497 e. The molecule has 7 heteroatoms. The summed E-state index contributed by atoms with van der Waals surface area (Å²) in [5.74, 6) is 1.98. The summed E-state index contributed by atoms with van der Waals surface area (Å²) in [4.78, 5) is 12.0. The summed E-state index contributed by atoms with van der Waals surface area (Å²) in [5, 5.41) is 3.93. The molecule has 0 N–H and O–H groups in total. The molecule has 0 aliphatic heterocycles. The van der Waals surface area contributed by atoms with E-state index in [0.29, 0.717) is 28.7 Å². The Bertz CT molecular complexity index is 1010. The number of ether oxygens (including phenoxy) is 4. The SMILES string of the molecule is COc1cccc(-c2cc(COC(=O)/C=C\c3ccc(OC)c(OC)c3)no2)c1. The Morgan fingerprint density at radius 2 is 1.83 bits per heavy atom. The Hall–Kier alpha value is -3.74.